The molecule has 0 aliphatic carbocycles. The van der Waals surface area contributed by atoms with Gasteiger partial charge in [0.05, 0.1) is 0 Å². The first kappa shape index (κ1) is 11.5. The molecule has 2 atom stereocenters. The first-order valence-corrected chi connectivity index (χ1v) is 6.18. The first-order valence-electron chi connectivity index (χ1n) is 6.18. The van der Waals surface area contributed by atoms with Gasteiger partial charge in [0.1, 0.15) is 0 Å². The molecule has 1 aliphatic heterocycles. The molecule has 0 amide bonds. The van der Waals surface area contributed by atoms with Crippen molar-refractivity contribution in [1.82, 2.24) is 5.32 Å². The molecule has 0 radical (unpaired) electrons. The predicted octanol–water partition coefficient (Wildman–Crippen LogP) is 2.43. The summed E-state index contributed by atoms with van der Waals surface area (Å²) in [4.78, 5) is 2.55. The van der Waals surface area contributed by atoms with Gasteiger partial charge in [0.15, 0.2) is 0 Å². The second-order valence-electron chi connectivity index (χ2n) is 4.98. The molecule has 1 aromatic carbocycles. The molecule has 1 aliphatic rings. The lowest BCUT2D eigenvalue weighted by atomic mass is 10.0. The van der Waals surface area contributed by atoms with E-state index in [0.717, 1.165) is 6.42 Å². The molecule has 1 N–H and O–H groups in total. The summed E-state index contributed by atoms with van der Waals surface area (Å²) in [6, 6.07) is 10.5. The number of fused-ring (bicyclic) bond motifs is 1. The number of benzene rings is 1. The van der Waals surface area contributed by atoms with Crippen LogP contribution in [0.2, 0.25) is 0 Å². The Labute approximate surface area is 98.7 Å². The number of anilines is 1. The predicted molar refractivity (Wildman–Crippen MR) is 70.1 cm³/mol. The van der Waals surface area contributed by atoms with Crippen LogP contribution in [-0.4, -0.2) is 25.2 Å². The molecule has 88 valence electrons. The molecule has 16 heavy (non-hydrogen) atoms. The minimum atomic E-state index is 0.523. The molecular formula is C14H22N2. The van der Waals surface area contributed by atoms with E-state index >= 15 is 0 Å². The van der Waals surface area contributed by atoms with Crippen molar-refractivity contribution < 1.29 is 0 Å². The van der Waals surface area contributed by atoms with Crippen LogP contribution in [0.5, 0.6) is 0 Å². The van der Waals surface area contributed by atoms with Crippen LogP contribution in [0.1, 0.15) is 26.3 Å². The van der Waals surface area contributed by atoms with Crippen LogP contribution in [0.4, 0.5) is 5.69 Å². The highest BCUT2D eigenvalue weighted by Crippen LogP contribution is 2.34. The summed E-state index contributed by atoms with van der Waals surface area (Å²) < 4.78 is 0. The standard InChI is InChI=1S/C14H22N2/c1-10(2)16-13-8-6-5-7-12(13)9-14(16)11(3)15-4/h5-8,10-11,14-15H,9H2,1-4H3. The number of rotatable bonds is 3. The van der Waals surface area contributed by atoms with Gasteiger partial charge in [-0.3, -0.25) is 0 Å². The van der Waals surface area contributed by atoms with Gasteiger partial charge in [0.2, 0.25) is 0 Å². The van der Waals surface area contributed by atoms with Crippen molar-refractivity contribution in [2.45, 2.75) is 45.3 Å². The fourth-order valence-electron chi connectivity index (χ4n) is 2.71. The van der Waals surface area contributed by atoms with Gasteiger partial charge in [-0.05, 0) is 45.9 Å². The van der Waals surface area contributed by atoms with E-state index in [1.54, 1.807) is 0 Å². The maximum atomic E-state index is 3.38. The molecule has 0 bridgehead atoms. The van der Waals surface area contributed by atoms with Gasteiger partial charge in [-0.1, -0.05) is 18.2 Å². The Bertz CT molecular complexity index is 360. The highest BCUT2D eigenvalue weighted by molar-refractivity contribution is 5.60. The van der Waals surface area contributed by atoms with Crippen molar-refractivity contribution >= 4 is 5.69 Å². The van der Waals surface area contributed by atoms with Crippen LogP contribution < -0.4 is 10.2 Å². The Hall–Kier alpha value is -1.02. The lowest BCUT2D eigenvalue weighted by Gasteiger charge is -2.35. The molecule has 2 nitrogen and oxygen atoms in total. The Morgan fingerprint density at radius 3 is 2.56 bits per heavy atom. The third-order valence-corrected chi connectivity index (χ3v) is 3.64. The maximum Gasteiger partial charge on any atom is 0.0484 e. The van der Waals surface area contributed by atoms with Gasteiger partial charge < -0.3 is 10.2 Å². The monoisotopic (exact) mass is 218 g/mol. The summed E-state index contributed by atoms with van der Waals surface area (Å²) >= 11 is 0. The van der Waals surface area contributed by atoms with E-state index in [-0.39, 0.29) is 0 Å². The smallest absolute Gasteiger partial charge is 0.0484 e. The summed E-state index contributed by atoms with van der Waals surface area (Å²) in [6.07, 6.45) is 1.16. The number of nitrogens with one attached hydrogen (secondary N) is 1. The zero-order chi connectivity index (χ0) is 11.7. The van der Waals surface area contributed by atoms with E-state index in [9.17, 15) is 0 Å². The van der Waals surface area contributed by atoms with Crippen LogP contribution in [0.25, 0.3) is 0 Å². The highest BCUT2D eigenvalue weighted by Gasteiger charge is 2.33. The minimum Gasteiger partial charge on any atom is -0.364 e. The number of hydrogen-bond acceptors (Lipinski definition) is 2. The summed E-state index contributed by atoms with van der Waals surface area (Å²) in [7, 11) is 2.05. The Morgan fingerprint density at radius 1 is 1.25 bits per heavy atom. The lowest BCUT2D eigenvalue weighted by molar-refractivity contribution is 0.451. The lowest BCUT2D eigenvalue weighted by Crippen LogP contribution is -2.48. The number of para-hydroxylation sites is 1. The average molecular weight is 218 g/mol. The molecule has 1 aromatic rings. The molecule has 0 spiro atoms. The van der Waals surface area contributed by atoms with Gasteiger partial charge in [-0.2, -0.15) is 0 Å². The molecule has 2 rings (SSSR count). The molecule has 2 unspecified atom stereocenters. The number of hydrogen-bond donors (Lipinski definition) is 1. The summed E-state index contributed by atoms with van der Waals surface area (Å²) in [5.74, 6) is 0. The SMILES string of the molecule is CNC(C)C1Cc2ccccc2N1C(C)C. The van der Waals surface area contributed by atoms with Crippen LogP contribution in [0, 0.1) is 0 Å². The van der Waals surface area contributed by atoms with E-state index in [1.165, 1.54) is 11.3 Å². The molecule has 1 heterocycles. The van der Waals surface area contributed by atoms with E-state index in [4.69, 9.17) is 0 Å². The van der Waals surface area contributed by atoms with Gasteiger partial charge in [0, 0.05) is 23.8 Å². The summed E-state index contributed by atoms with van der Waals surface area (Å²) in [5.41, 5.74) is 2.91. The van der Waals surface area contributed by atoms with Crippen LogP contribution in [0.3, 0.4) is 0 Å². The Kier molecular flexibility index (Phi) is 3.20. The second-order valence-corrected chi connectivity index (χ2v) is 4.98. The van der Waals surface area contributed by atoms with Gasteiger partial charge >= 0.3 is 0 Å². The zero-order valence-electron chi connectivity index (χ0n) is 10.7. The topological polar surface area (TPSA) is 15.3 Å². The highest BCUT2D eigenvalue weighted by atomic mass is 15.2. The third-order valence-electron chi connectivity index (χ3n) is 3.64. The Morgan fingerprint density at radius 2 is 1.94 bits per heavy atom. The maximum absolute atomic E-state index is 3.38. The average Bonchev–Trinajstić information content (AvgIpc) is 2.67. The molecule has 2 heteroatoms. The van der Waals surface area contributed by atoms with Crippen molar-refractivity contribution in [3.05, 3.63) is 29.8 Å². The van der Waals surface area contributed by atoms with E-state index in [2.05, 4.69) is 55.3 Å². The summed E-state index contributed by atoms with van der Waals surface area (Å²) in [6.45, 7) is 6.82. The van der Waals surface area contributed by atoms with Crippen LogP contribution >= 0.6 is 0 Å². The first-order chi connectivity index (χ1) is 7.65. The fourth-order valence-corrected chi connectivity index (χ4v) is 2.71. The van der Waals surface area contributed by atoms with Crippen molar-refractivity contribution in [1.29, 1.82) is 0 Å². The van der Waals surface area contributed by atoms with Crippen LogP contribution in [-0.2, 0) is 6.42 Å². The number of nitrogens with zero attached hydrogens (tertiary/aromatic N) is 1. The quantitative estimate of drug-likeness (QED) is 0.838. The van der Waals surface area contributed by atoms with Crippen LogP contribution in [0.15, 0.2) is 24.3 Å². The normalized spacial score (nSPS) is 21.3. The van der Waals surface area contributed by atoms with E-state index in [0.29, 0.717) is 18.1 Å². The van der Waals surface area contributed by atoms with Gasteiger partial charge in [-0.15, -0.1) is 0 Å². The van der Waals surface area contributed by atoms with Crippen molar-refractivity contribution in [2.24, 2.45) is 0 Å². The van der Waals surface area contributed by atoms with E-state index in [1.807, 2.05) is 7.05 Å². The molecule has 0 aromatic heterocycles. The van der Waals surface area contributed by atoms with Crippen molar-refractivity contribution in [2.75, 3.05) is 11.9 Å². The second kappa shape index (κ2) is 4.46. The molecular weight excluding hydrogens is 196 g/mol. The third kappa shape index (κ3) is 1.82. The largest absolute Gasteiger partial charge is 0.364 e. The van der Waals surface area contributed by atoms with Gasteiger partial charge in [0.25, 0.3) is 0 Å². The van der Waals surface area contributed by atoms with E-state index < -0.39 is 0 Å². The minimum absolute atomic E-state index is 0.523. The number of likely N-dealkylation sites (N-methyl/N-ethyl adjacent to an activating group) is 1. The molecule has 0 fully saturated rings. The van der Waals surface area contributed by atoms with Gasteiger partial charge in [-0.25, -0.2) is 0 Å². The fraction of sp³-hybridized carbons (Fsp3) is 0.571. The van der Waals surface area contributed by atoms with Crippen molar-refractivity contribution in [3.8, 4) is 0 Å². The molecule has 0 saturated heterocycles. The zero-order valence-corrected chi connectivity index (χ0v) is 10.7. The summed E-state index contributed by atoms with van der Waals surface area (Å²) in [5, 5.41) is 3.38. The molecule has 0 saturated carbocycles. The van der Waals surface area contributed by atoms with Crippen molar-refractivity contribution in [3.63, 3.8) is 0 Å². The Balaban J connectivity index is 2.33.